The molecule has 0 aromatic heterocycles. The zero-order valence-corrected chi connectivity index (χ0v) is 17.1. The van der Waals surface area contributed by atoms with E-state index in [1.165, 1.54) is 0 Å². The molecule has 2 fully saturated rings. The molecular formula is C23H32N2O3. The molecule has 3 aliphatic rings. The van der Waals surface area contributed by atoms with Crippen molar-refractivity contribution in [2.45, 2.75) is 82.4 Å². The number of hydrogen-bond donors (Lipinski definition) is 1. The Labute approximate surface area is 167 Å². The van der Waals surface area contributed by atoms with Gasteiger partial charge in [0.15, 0.2) is 0 Å². The van der Waals surface area contributed by atoms with Gasteiger partial charge in [-0.05, 0) is 50.7 Å². The average Bonchev–Trinajstić information content (AvgIpc) is 3.38. The summed E-state index contributed by atoms with van der Waals surface area (Å²) in [4.78, 5) is 29.1. The van der Waals surface area contributed by atoms with Crippen molar-refractivity contribution in [3.05, 3.63) is 35.4 Å². The van der Waals surface area contributed by atoms with Crippen molar-refractivity contribution in [3.63, 3.8) is 0 Å². The normalized spacial score (nSPS) is 27.1. The quantitative estimate of drug-likeness (QED) is 0.843. The lowest BCUT2D eigenvalue weighted by atomic mass is 9.70. The molecule has 2 aliphatic heterocycles. The van der Waals surface area contributed by atoms with E-state index in [4.69, 9.17) is 4.74 Å². The lowest BCUT2D eigenvalue weighted by Crippen LogP contribution is -2.62. The molecule has 1 saturated heterocycles. The molecule has 2 heterocycles. The minimum atomic E-state index is -0.422. The Morgan fingerprint density at radius 2 is 2.04 bits per heavy atom. The largest absolute Gasteiger partial charge is 0.376 e. The molecule has 0 bridgehead atoms. The molecule has 28 heavy (non-hydrogen) atoms. The summed E-state index contributed by atoms with van der Waals surface area (Å²) in [5, 5.41) is 3.21. The molecule has 1 N–H and O–H groups in total. The number of nitrogens with one attached hydrogen (secondary N) is 1. The van der Waals surface area contributed by atoms with Gasteiger partial charge in [0.25, 0.3) is 5.91 Å². The molecule has 1 aliphatic carbocycles. The number of benzene rings is 1. The Morgan fingerprint density at radius 1 is 1.29 bits per heavy atom. The summed E-state index contributed by atoms with van der Waals surface area (Å²) in [5.74, 6) is -0.173. The third kappa shape index (κ3) is 3.24. The van der Waals surface area contributed by atoms with Crippen molar-refractivity contribution in [1.82, 2.24) is 10.2 Å². The van der Waals surface area contributed by atoms with E-state index in [1.807, 2.05) is 36.1 Å². The van der Waals surface area contributed by atoms with Crippen molar-refractivity contribution in [1.29, 1.82) is 0 Å². The molecule has 0 unspecified atom stereocenters. The predicted molar refractivity (Wildman–Crippen MR) is 108 cm³/mol. The van der Waals surface area contributed by atoms with E-state index in [2.05, 4.69) is 12.2 Å². The highest BCUT2D eigenvalue weighted by molar-refractivity contribution is 6.02. The number of carbonyl (C=O) groups is 2. The van der Waals surface area contributed by atoms with Gasteiger partial charge >= 0.3 is 0 Å². The second-order valence-electron chi connectivity index (χ2n) is 8.70. The standard InChI is InChI=1S/C23H32N2O3/c1-3-16(2)24-21(26)20-18-10-4-5-11-19(18)22(27)25(15-17-9-8-14-28-17)23(20)12-6-7-13-23/h4-5,10-11,16-17,20H,3,6-9,12-15H2,1-2H3,(H,24,26)/t16-,17+,20+/m0/s1. The highest BCUT2D eigenvalue weighted by Crippen LogP contribution is 2.50. The molecule has 0 radical (unpaired) electrons. The van der Waals surface area contributed by atoms with E-state index in [-0.39, 0.29) is 29.9 Å². The Morgan fingerprint density at radius 3 is 2.71 bits per heavy atom. The number of amides is 2. The first-order valence-corrected chi connectivity index (χ1v) is 10.9. The smallest absolute Gasteiger partial charge is 0.254 e. The SMILES string of the molecule is CC[C@H](C)NC(=O)[C@H]1c2ccccc2C(=O)N(C[C@H]2CCCO2)C12CCCC2. The van der Waals surface area contributed by atoms with Crippen molar-refractivity contribution >= 4 is 11.8 Å². The van der Waals surface area contributed by atoms with Gasteiger partial charge in [0, 0.05) is 24.8 Å². The first-order chi connectivity index (χ1) is 13.6. The van der Waals surface area contributed by atoms with Crippen LogP contribution in [-0.2, 0) is 9.53 Å². The van der Waals surface area contributed by atoms with E-state index in [1.54, 1.807) is 0 Å². The monoisotopic (exact) mass is 384 g/mol. The topological polar surface area (TPSA) is 58.6 Å². The van der Waals surface area contributed by atoms with Crippen LogP contribution in [0.4, 0.5) is 0 Å². The average molecular weight is 385 g/mol. The summed E-state index contributed by atoms with van der Waals surface area (Å²) in [6.07, 6.45) is 6.92. The zero-order valence-electron chi connectivity index (χ0n) is 17.1. The molecule has 5 heteroatoms. The summed E-state index contributed by atoms with van der Waals surface area (Å²) >= 11 is 0. The Balaban J connectivity index is 1.77. The van der Waals surface area contributed by atoms with E-state index in [0.29, 0.717) is 12.1 Å². The van der Waals surface area contributed by atoms with Crippen LogP contribution in [-0.4, -0.2) is 47.6 Å². The predicted octanol–water partition coefficient (Wildman–Crippen LogP) is 3.63. The minimum absolute atomic E-state index is 0.0635. The van der Waals surface area contributed by atoms with Gasteiger partial charge in [-0.1, -0.05) is 38.0 Å². The third-order valence-electron chi connectivity index (χ3n) is 6.97. The fraction of sp³-hybridized carbons (Fsp3) is 0.652. The highest BCUT2D eigenvalue weighted by Gasteiger charge is 2.56. The second kappa shape index (κ2) is 7.86. The number of nitrogens with zero attached hydrogens (tertiary/aromatic N) is 1. The van der Waals surface area contributed by atoms with E-state index < -0.39 is 5.54 Å². The summed E-state index contributed by atoms with van der Waals surface area (Å²) in [7, 11) is 0. The van der Waals surface area contributed by atoms with Gasteiger partial charge in [-0.25, -0.2) is 0 Å². The van der Waals surface area contributed by atoms with Crippen LogP contribution in [0.3, 0.4) is 0 Å². The molecule has 152 valence electrons. The van der Waals surface area contributed by atoms with Gasteiger partial charge in [-0.15, -0.1) is 0 Å². The van der Waals surface area contributed by atoms with Crippen molar-refractivity contribution in [2.75, 3.05) is 13.2 Å². The second-order valence-corrected chi connectivity index (χ2v) is 8.70. The number of ether oxygens (including phenoxy) is 1. The van der Waals surface area contributed by atoms with Crippen LogP contribution in [0.25, 0.3) is 0 Å². The summed E-state index contributed by atoms with van der Waals surface area (Å²) in [6, 6.07) is 7.84. The maximum absolute atomic E-state index is 13.6. The van der Waals surface area contributed by atoms with Crippen LogP contribution in [0.2, 0.25) is 0 Å². The fourth-order valence-corrected chi connectivity index (χ4v) is 5.35. The fourth-order valence-electron chi connectivity index (χ4n) is 5.35. The number of rotatable bonds is 5. The number of carbonyl (C=O) groups excluding carboxylic acids is 2. The molecule has 1 spiro atoms. The van der Waals surface area contributed by atoms with Gasteiger partial charge in [-0.3, -0.25) is 9.59 Å². The minimum Gasteiger partial charge on any atom is -0.376 e. The van der Waals surface area contributed by atoms with Gasteiger partial charge in [0.2, 0.25) is 5.91 Å². The lowest BCUT2D eigenvalue weighted by molar-refractivity contribution is -0.127. The van der Waals surface area contributed by atoms with Crippen LogP contribution in [0.15, 0.2) is 24.3 Å². The molecular weight excluding hydrogens is 352 g/mol. The Hall–Kier alpha value is -1.88. The molecule has 4 rings (SSSR count). The van der Waals surface area contributed by atoms with Gasteiger partial charge in [0.05, 0.1) is 17.6 Å². The molecule has 2 amide bonds. The zero-order chi connectivity index (χ0) is 19.7. The van der Waals surface area contributed by atoms with Crippen molar-refractivity contribution in [2.24, 2.45) is 0 Å². The van der Waals surface area contributed by atoms with Gasteiger partial charge in [-0.2, -0.15) is 0 Å². The van der Waals surface area contributed by atoms with Crippen LogP contribution in [0.1, 0.15) is 80.6 Å². The van der Waals surface area contributed by atoms with Crippen LogP contribution < -0.4 is 5.32 Å². The van der Waals surface area contributed by atoms with Crippen molar-refractivity contribution in [3.8, 4) is 0 Å². The molecule has 1 saturated carbocycles. The maximum atomic E-state index is 13.6. The molecule has 1 aromatic rings. The van der Waals surface area contributed by atoms with Crippen LogP contribution in [0.5, 0.6) is 0 Å². The van der Waals surface area contributed by atoms with Gasteiger partial charge < -0.3 is 15.0 Å². The van der Waals surface area contributed by atoms with Crippen LogP contribution >= 0.6 is 0 Å². The molecule has 5 nitrogen and oxygen atoms in total. The summed E-state index contributed by atoms with van der Waals surface area (Å²) in [6.45, 7) is 5.50. The number of hydrogen-bond acceptors (Lipinski definition) is 3. The van der Waals surface area contributed by atoms with E-state index in [9.17, 15) is 9.59 Å². The molecule has 3 atom stereocenters. The summed E-state index contributed by atoms with van der Waals surface area (Å²) < 4.78 is 5.88. The Bertz CT molecular complexity index is 735. The van der Waals surface area contributed by atoms with E-state index >= 15 is 0 Å². The van der Waals surface area contributed by atoms with Gasteiger partial charge in [0.1, 0.15) is 0 Å². The first kappa shape index (κ1) is 19.4. The third-order valence-corrected chi connectivity index (χ3v) is 6.97. The maximum Gasteiger partial charge on any atom is 0.254 e. The lowest BCUT2D eigenvalue weighted by Gasteiger charge is -2.50. The Kier molecular flexibility index (Phi) is 5.46. The first-order valence-electron chi connectivity index (χ1n) is 10.9. The van der Waals surface area contributed by atoms with E-state index in [0.717, 1.165) is 57.1 Å². The van der Waals surface area contributed by atoms with Crippen LogP contribution in [0, 0.1) is 0 Å². The summed E-state index contributed by atoms with van der Waals surface area (Å²) in [5.41, 5.74) is 1.16. The molecule has 1 aromatic carbocycles. The number of fused-ring (bicyclic) bond motifs is 1. The highest BCUT2D eigenvalue weighted by atomic mass is 16.5. The van der Waals surface area contributed by atoms with Crippen molar-refractivity contribution < 1.29 is 14.3 Å².